The minimum absolute atomic E-state index is 0.315. The van der Waals surface area contributed by atoms with Gasteiger partial charge < -0.3 is 5.11 Å². The van der Waals surface area contributed by atoms with Crippen LogP contribution < -0.4 is 10.6 Å². The smallest absolute Gasteiger partial charge is 0.201 e. The molecule has 6 aromatic rings. The van der Waals surface area contributed by atoms with Crippen molar-refractivity contribution >= 4 is 0 Å². The number of hydrogen-bond acceptors (Lipinski definition) is 3. The van der Waals surface area contributed by atoms with Gasteiger partial charge in [-0.05, 0) is 27.8 Å². The summed E-state index contributed by atoms with van der Waals surface area (Å²) in [6.45, 7) is 0. The fourth-order valence-electron chi connectivity index (χ4n) is 5.78. The second-order valence-corrected chi connectivity index (χ2v) is 10.4. The summed E-state index contributed by atoms with van der Waals surface area (Å²) >= 11 is 0. The lowest BCUT2D eigenvalue weighted by Crippen LogP contribution is -2.63. The highest BCUT2D eigenvalue weighted by molar-refractivity contribution is 5.50. The molecule has 1 unspecified atom stereocenters. The summed E-state index contributed by atoms with van der Waals surface area (Å²) in [6.07, 6.45) is 0. The fourth-order valence-corrected chi connectivity index (χ4v) is 5.78. The van der Waals surface area contributed by atoms with Gasteiger partial charge in [-0.15, -0.1) is 0 Å². The van der Waals surface area contributed by atoms with E-state index < -0.39 is 11.4 Å². The first-order valence-corrected chi connectivity index (χ1v) is 14.3. The molecular formula is C39H34N2O. The van der Waals surface area contributed by atoms with Crippen LogP contribution in [0, 0.1) is 0 Å². The largest absolute Gasteiger partial charge is 0.359 e. The van der Waals surface area contributed by atoms with Crippen molar-refractivity contribution in [1.82, 2.24) is 10.6 Å². The van der Waals surface area contributed by atoms with Gasteiger partial charge in [0.2, 0.25) is 5.85 Å². The summed E-state index contributed by atoms with van der Waals surface area (Å²) in [6, 6.07) is 61.0. The zero-order chi connectivity index (χ0) is 28.7. The Hall–Kier alpha value is -4.80. The number of benzene rings is 6. The molecule has 0 amide bonds. The van der Waals surface area contributed by atoms with Crippen LogP contribution in [-0.4, -0.2) is 5.11 Å². The average molecular weight is 547 g/mol. The Kier molecular flexibility index (Phi) is 8.07. The Balaban J connectivity index is 1.59. The van der Waals surface area contributed by atoms with Crippen molar-refractivity contribution in [3.8, 4) is 0 Å². The van der Waals surface area contributed by atoms with Crippen molar-refractivity contribution < 1.29 is 5.11 Å². The van der Waals surface area contributed by atoms with Crippen LogP contribution in [0.2, 0.25) is 0 Å². The molecule has 0 saturated carbocycles. The van der Waals surface area contributed by atoms with Gasteiger partial charge in [-0.2, -0.15) is 0 Å². The van der Waals surface area contributed by atoms with Crippen LogP contribution in [0.5, 0.6) is 0 Å². The van der Waals surface area contributed by atoms with Crippen LogP contribution in [0.1, 0.15) is 39.4 Å². The van der Waals surface area contributed by atoms with Crippen molar-refractivity contribution in [2.24, 2.45) is 0 Å². The quantitative estimate of drug-likeness (QED) is 0.122. The van der Waals surface area contributed by atoms with Gasteiger partial charge in [-0.3, -0.25) is 10.6 Å². The summed E-state index contributed by atoms with van der Waals surface area (Å²) in [5.41, 5.74) is 4.90. The molecule has 3 heteroatoms. The zero-order valence-corrected chi connectivity index (χ0v) is 23.3. The third-order valence-corrected chi connectivity index (χ3v) is 7.80. The number of hydrogen-bond donors (Lipinski definition) is 3. The Bertz CT molecular complexity index is 1530. The summed E-state index contributed by atoms with van der Waals surface area (Å²) < 4.78 is 0. The van der Waals surface area contributed by atoms with Crippen LogP contribution in [0.25, 0.3) is 0 Å². The highest BCUT2D eigenvalue weighted by Crippen LogP contribution is 2.40. The normalized spacial score (nSPS) is 13.0. The average Bonchev–Trinajstić information content (AvgIpc) is 3.08. The maximum Gasteiger partial charge on any atom is 0.201 e. The molecule has 206 valence electrons. The van der Waals surface area contributed by atoms with Crippen molar-refractivity contribution in [1.29, 1.82) is 0 Å². The Morgan fingerprint density at radius 1 is 0.381 bits per heavy atom. The second-order valence-electron chi connectivity index (χ2n) is 10.4. The molecule has 6 aromatic carbocycles. The third-order valence-electron chi connectivity index (χ3n) is 7.80. The van der Waals surface area contributed by atoms with E-state index in [4.69, 9.17) is 0 Å². The molecule has 0 bridgehead atoms. The Labute approximate surface area is 248 Å². The summed E-state index contributed by atoms with van der Waals surface area (Å²) in [5.74, 6) is -1.68. The first-order chi connectivity index (χ1) is 20.7. The van der Waals surface area contributed by atoms with E-state index in [1.807, 2.05) is 121 Å². The van der Waals surface area contributed by atoms with E-state index in [1.54, 1.807) is 0 Å². The molecule has 0 heterocycles. The molecular weight excluding hydrogens is 512 g/mol. The molecule has 0 aliphatic heterocycles. The summed E-state index contributed by atoms with van der Waals surface area (Å²) in [4.78, 5) is 0. The number of rotatable bonds is 10. The molecule has 0 saturated heterocycles. The molecule has 1 atom stereocenters. The van der Waals surface area contributed by atoms with Gasteiger partial charge in [-0.1, -0.05) is 182 Å². The van der Waals surface area contributed by atoms with Gasteiger partial charge in [0.05, 0.1) is 11.6 Å². The standard InChI is InChI=1S/C39H34N2O/c42-39(36-29-17-6-18-30-36,40-37(31-19-7-1-8-20-31)32-21-9-2-10-22-32)41-38(33-23-11-3-12-24-33,34-25-13-4-14-26-34)35-27-15-5-16-28-35/h1-30,37,40-42H. The number of aliphatic hydroxyl groups is 1. The van der Waals surface area contributed by atoms with Crippen LogP contribution in [0.15, 0.2) is 182 Å². The van der Waals surface area contributed by atoms with E-state index in [-0.39, 0.29) is 6.04 Å². The van der Waals surface area contributed by atoms with Gasteiger partial charge in [0.25, 0.3) is 0 Å². The van der Waals surface area contributed by atoms with E-state index in [0.717, 1.165) is 27.8 Å². The molecule has 3 N–H and O–H groups in total. The molecule has 42 heavy (non-hydrogen) atoms. The molecule has 0 aliphatic rings. The van der Waals surface area contributed by atoms with Crippen molar-refractivity contribution in [3.05, 3.63) is 215 Å². The zero-order valence-electron chi connectivity index (χ0n) is 23.3. The van der Waals surface area contributed by atoms with E-state index in [2.05, 4.69) is 71.3 Å². The summed E-state index contributed by atoms with van der Waals surface area (Å²) in [7, 11) is 0. The van der Waals surface area contributed by atoms with Crippen LogP contribution in [0.4, 0.5) is 0 Å². The van der Waals surface area contributed by atoms with E-state index >= 15 is 0 Å². The van der Waals surface area contributed by atoms with Gasteiger partial charge in [0.15, 0.2) is 0 Å². The topological polar surface area (TPSA) is 44.3 Å². The molecule has 0 radical (unpaired) electrons. The van der Waals surface area contributed by atoms with E-state index in [1.165, 1.54) is 0 Å². The van der Waals surface area contributed by atoms with Crippen molar-refractivity contribution in [2.75, 3.05) is 0 Å². The molecule has 0 aromatic heterocycles. The first-order valence-electron chi connectivity index (χ1n) is 14.3. The fraction of sp³-hybridized carbons (Fsp3) is 0.0769. The minimum Gasteiger partial charge on any atom is -0.359 e. The van der Waals surface area contributed by atoms with Crippen molar-refractivity contribution in [2.45, 2.75) is 17.4 Å². The van der Waals surface area contributed by atoms with Gasteiger partial charge >= 0.3 is 0 Å². The van der Waals surface area contributed by atoms with E-state index in [9.17, 15) is 5.11 Å². The molecule has 0 fully saturated rings. The van der Waals surface area contributed by atoms with E-state index in [0.29, 0.717) is 5.56 Å². The Morgan fingerprint density at radius 2 is 0.667 bits per heavy atom. The van der Waals surface area contributed by atoms with Crippen LogP contribution >= 0.6 is 0 Å². The molecule has 6 rings (SSSR count). The third kappa shape index (κ3) is 5.54. The van der Waals surface area contributed by atoms with Gasteiger partial charge in [0.1, 0.15) is 0 Å². The summed E-state index contributed by atoms with van der Waals surface area (Å²) in [5, 5.41) is 20.6. The van der Waals surface area contributed by atoms with Crippen LogP contribution in [-0.2, 0) is 11.4 Å². The SMILES string of the molecule is OC(NC(c1ccccc1)c1ccccc1)(NC(c1ccccc1)(c1ccccc1)c1ccccc1)c1ccccc1. The maximum absolute atomic E-state index is 13.1. The Morgan fingerprint density at radius 3 is 1.00 bits per heavy atom. The molecule has 0 spiro atoms. The highest BCUT2D eigenvalue weighted by atomic mass is 16.3. The van der Waals surface area contributed by atoms with Gasteiger partial charge in [-0.25, -0.2) is 0 Å². The monoisotopic (exact) mass is 546 g/mol. The van der Waals surface area contributed by atoms with Crippen LogP contribution in [0.3, 0.4) is 0 Å². The molecule has 3 nitrogen and oxygen atoms in total. The lowest BCUT2D eigenvalue weighted by atomic mass is 9.76. The maximum atomic E-state index is 13.1. The highest BCUT2D eigenvalue weighted by Gasteiger charge is 2.45. The lowest BCUT2D eigenvalue weighted by Gasteiger charge is -2.45. The lowest BCUT2D eigenvalue weighted by molar-refractivity contribution is -0.0585. The predicted molar refractivity (Wildman–Crippen MR) is 171 cm³/mol. The first kappa shape index (κ1) is 27.4. The second kappa shape index (κ2) is 12.4. The number of nitrogens with one attached hydrogen (secondary N) is 2. The predicted octanol–water partition coefficient (Wildman–Crippen LogP) is 7.75. The molecule has 0 aliphatic carbocycles. The van der Waals surface area contributed by atoms with Crippen molar-refractivity contribution in [3.63, 3.8) is 0 Å². The minimum atomic E-state index is -1.68. The van der Waals surface area contributed by atoms with Gasteiger partial charge in [0, 0.05) is 5.56 Å².